The van der Waals surface area contributed by atoms with Gasteiger partial charge in [-0.05, 0) is 31.0 Å². The summed E-state index contributed by atoms with van der Waals surface area (Å²) in [5, 5.41) is 9.79. The maximum Gasteiger partial charge on any atom is 0.185 e. The van der Waals surface area contributed by atoms with Gasteiger partial charge >= 0.3 is 0 Å². The van der Waals surface area contributed by atoms with Crippen molar-refractivity contribution in [1.82, 2.24) is 0 Å². The maximum atomic E-state index is 13.2. The molecule has 1 aromatic rings. The Hall–Kier alpha value is -0.913. The molecule has 1 N–H and O–H groups in total. The minimum atomic E-state index is -3.48. The smallest absolute Gasteiger partial charge is 0.185 e. The predicted octanol–water partition coefficient (Wildman–Crippen LogP) is 4.27. The van der Waals surface area contributed by atoms with Gasteiger partial charge in [0.05, 0.1) is 16.2 Å². The van der Waals surface area contributed by atoms with Gasteiger partial charge in [-0.2, -0.15) is 0 Å². The minimum absolute atomic E-state index is 0.207. The summed E-state index contributed by atoms with van der Waals surface area (Å²) in [7, 11) is -4.76. The highest BCUT2D eigenvalue weighted by molar-refractivity contribution is 7.92. The Morgan fingerprint density at radius 1 is 1.17 bits per heavy atom. The highest BCUT2D eigenvalue weighted by Gasteiger charge is 2.37. The number of aliphatic hydroxyl groups excluding tert-OH is 1. The topological polar surface area (TPSA) is 54.4 Å². The average Bonchev–Trinajstić information content (AvgIpc) is 2.52. The van der Waals surface area contributed by atoms with Crippen molar-refractivity contribution in [3.8, 4) is 0 Å². The van der Waals surface area contributed by atoms with Crippen LogP contribution in [-0.4, -0.2) is 33.0 Å². The Morgan fingerprint density at radius 3 is 2.38 bits per heavy atom. The summed E-state index contributed by atoms with van der Waals surface area (Å²) in [5.41, 5.74) is 0. The number of benzene rings is 1. The number of rotatable bonds is 6. The molecule has 0 amide bonds. The molecular formula is C19H30O3SSi. The van der Waals surface area contributed by atoms with Crippen molar-refractivity contribution in [3.63, 3.8) is 0 Å². The van der Waals surface area contributed by atoms with Crippen LogP contribution in [0, 0.1) is 5.92 Å². The van der Waals surface area contributed by atoms with Crippen LogP contribution in [0.25, 0.3) is 0 Å². The van der Waals surface area contributed by atoms with Crippen LogP contribution in [0.5, 0.6) is 0 Å². The fourth-order valence-corrected chi connectivity index (χ4v) is 6.11. The summed E-state index contributed by atoms with van der Waals surface area (Å²) in [6, 6.07) is 9.61. The van der Waals surface area contributed by atoms with E-state index in [9.17, 15) is 13.5 Å². The second kappa shape index (κ2) is 7.98. The van der Waals surface area contributed by atoms with Crippen molar-refractivity contribution >= 4 is 17.9 Å². The van der Waals surface area contributed by atoms with Crippen LogP contribution in [0.4, 0.5) is 0 Å². The number of sulfone groups is 1. The van der Waals surface area contributed by atoms with E-state index < -0.39 is 29.3 Å². The zero-order valence-corrected chi connectivity index (χ0v) is 16.8. The van der Waals surface area contributed by atoms with Crippen molar-refractivity contribution in [2.45, 2.75) is 67.6 Å². The van der Waals surface area contributed by atoms with Gasteiger partial charge in [0, 0.05) is 14.0 Å². The van der Waals surface area contributed by atoms with Crippen LogP contribution < -0.4 is 0 Å². The summed E-state index contributed by atoms with van der Waals surface area (Å²) >= 11 is 0. The van der Waals surface area contributed by atoms with E-state index in [1.54, 1.807) is 24.3 Å². The molecule has 1 aromatic carbocycles. The molecule has 1 saturated carbocycles. The minimum Gasteiger partial charge on any atom is -0.393 e. The lowest BCUT2D eigenvalue weighted by molar-refractivity contribution is 0.0726. The molecule has 0 heterocycles. The molecule has 3 nitrogen and oxygen atoms in total. The number of hydrogen-bond acceptors (Lipinski definition) is 3. The van der Waals surface area contributed by atoms with E-state index in [2.05, 4.69) is 19.6 Å². The Balaban J connectivity index is 2.35. The summed E-state index contributed by atoms with van der Waals surface area (Å²) < 4.78 is 26.4. The van der Waals surface area contributed by atoms with Crippen LogP contribution in [0.3, 0.4) is 0 Å². The van der Waals surface area contributed by atoms with E-state index in [1.807, 2.05) is 18.2 Å². The third-order valence-electron chi connectivity index (χ3n) is 4.69. The quantitative estimate of drug-likeness (QED) is 0.604. The molecule has 2 rings (SSSR count). The predicted molar refractivity (Wildman–Crippen MR) is 103 cm³/mol. The van der Waals surface area contributed by atoms with Gasteiger partial charge in [0.1, 0.15) is 0 Å². The zero-order chi connectivity index (χ0) is 17.8. The van der Waals surface area contributed by atoms with E-state index in [4.69, 9.17) is 0 Å². The van der Waals surface area contributed by atoms with E-state index in [0.29, 0.717) is 11.3 Å². The second-order valence-electron chi connectivity index (χ2n) is 8.03. The van der Waals surface area contributed by atoms with Gasteiger partial charge in [-0.15, -0.1) is 0 Å². The largest absolute Gasteiger partial charge is 0.393 e. The molecule has 1 aliphatic rings. The Bertz CT molecular complexity index is 647. The van der Waals surface area contributed by atoms with Gasteiger partial charge < -0.3 is 5.11 Å². The van der Waals surface area contributed by atoms with Crippen LogP contribution in [0.1, 0.15) is 25.7 Å². The third-order valence-corrected chi connectivity index (χ3v) is 8.30. The monoisotopic (exact) mass is 366 g/mol. The first-order valence-electron chi connectivity index (χ1n) is 8.85. The first-order valence-corrected chi connectivity index (χ1v) is 14.1. The Kier molecular flexibility index (Phi) is 6.45. The van der Waals surface area contributed by atoms with Gasteiger partial charge in [-0.25, -0.2) is 8.42 Å². The lowest BCUT2D eigenvalue weighted by Gasteiger charge is -2.32. The lowest BCUT2D eigenvalue weighted by atomic mass is 9.84. The third kappa shape index (κ3) is 5.04. The van der Waals surface area contributed by atoms with Crippen molar-refractivity contribution in [2.24, 2.45) is 5.92 Å². The van der Waals surface area contributed by atoms with E-state index in [1.165, 1.54) is 0 Å². The second-order valence-corrected chi connectivity index (χ2v) is 15.7. The van der Waals surface area contributed by atoms with Gasteiger partial charge in [0.25, 0.3) is 0 Å². The SMILES string of the molecule is C[Si](C)(C)C/C=C/C([C@@H]1CCCC[C@H]1O)S(=O)(=O)c1ccccc1. The number of hydrogen-bond donors (Lipinski definition) is 1. The van der Waals surface area contributed by atoms with Crippen LogP contribution in [0.15, 0.2) is 47.4 Å². The molecule has 0 radical (unpaired) electrons. The first kappa shape index (κ1) is 19.4. The Morgan fingerprint density at radius 2 is 1.79 bits per heavy atom. The molecular weight excluding hydrogens is 336 g/mol. The molecule has 0 bridgehead atoms. The van der Waals surface area contributed by atoms with E-state index >= 15 is 0 Å². The van der Waals surface area contributed by atoms with Crippen LogP contribution in [-0.2, 0) is 9.84 Å². The van der Waals surface area contributed by atoms with Gasteiger partial charge in [-0.3, -0.25) is 0 Å². The molecule has 0 aromatic heterocycles. The average molecular weight is 367 g/mol. The summed E-state index contributed by atoms with van der Waals surface area (Å²) in [6.07, 6.45) is 6.82. The summed E-state index contributed by atoms with van der Waals surface area (Å²) in [6.45, 7) is 6.81. The van der Waals surface area contributed by atoms with E-state index in [0.717, 1.165) is 25.3 Å². The molecule has 1 fully saturated rings. The molecule has 0 saturated heterocycles. The molecule has 1 unspecified atom stereocenters. The fourth-order valence-electron chi connectivity index (χ4n) is 3.32. The van der Waals surface area contributed by atoms with Crippen LogP contribution >= 0.6 is 0 Å². The van der Waals surface area contributed by atoms with Crippen molar-refractivity contribution in [3.05, 3.63) is 42.5 Å². The van der Waals surface area contributed by atoms with Gasteiger partial charge in [0.15, 0.2) is 9.84 Å². The molecule has 24 heavy (non-hydrogen) atoms. The highest BCUT2D eigenvalue weighted by Crippen LogP contribution is 2.34. The lowest BCUT2D eigenvalue weighted by Crippen LogP contribution is -2.38. The summed E-state index contributed by atoms with van der Waals surface area (Å²) in [5.74, 6) is -0.207. The van der Waals surface area contributed by atoms with Gasteiger partial charge in [0.2, 0.25) is 0 Å². The zero-order valence-electron chi connectivity index (χ0n) is 15.0. The maximum absolute atomic E-state index is 13.2. The number of aliphatic hydroxyl groups is 1. The standard InChI is InChI=1S/C19H30O3SSi/c1-24(2,3)15-9-14-19(17-12-7-8-13-18(17)20)23(21,22)16-10-5-4-6-11-16/h4-6,9-11,14,17-20H,7-8,12-13,15H2,1-3H3/b14-9+/t17-,18-,19?/m1/s1. The van der Waals surface area contributed by atoms with Crippen molar-refractivity contribution in [1.29, 1.82) is 0 Å². The van der Waals surface area contributed by atoms with Gasteiger partial charge in [-0.1, -0.05) is 62.8 Å². The molecule has 0 spiro atoms. The van der Waals surface area contributed by atoms with Crippen molar-refractivity contribution < 1.29 is 13.5 Å². The van der Waals surface area contributed by atoms with Crippen molar-refractivity contribution in [2.75, 3.05) is 0 Å². The first-order chi connectivity index (χ1) is 11.2. The van der Waals surface area contributed by atoms with Crippen LogP contribution in [0.2, 0.25) is 25.7 Å². The molecule has 3 atom stereocenters. The number of allylic oxidation sites excluding steroid dienone is 1. The fraction of sp³-hybridized carbons (Fsp3) is 0.579. The molecule has 0 aliphatic heterocycles. The highest BCUT2D eigenvalue weighted by atomic mass is 32.2. The summed E-state index contributed by atoms with van der Waals surface area (Å²) in [4.78, 5) is 0.352. The Labute approximate surface area is 147 Å². The molecule has 134 valence electrons. The molecule has 1 aliphatic carbocycles. The normalized spacial score (nSPS) is 24.2. The molecule has 5 heteroatoms. The van der Waals surface area contributed by atoms with E-state index in [-0.39, 0.29) is 5.92 Å².